The second-order valence-corrected chi connectivity index (χ2v) is 8.42. The van der Waals surface area contributed by atoms with Crippen molar-refractivity contribution in [2.45, 2.75) is 51.6 Å². The molecular formula is C23H28FN3O3. The zero-order valence-electron chi connectivity index (χ0n) is 17.4. The lowest BCUT2D eigenvalue weighted by Gasteiger charge is -2.39. The summed E-state index contributed by atoms with van der Waals surface area (Å²) in [6, 6.07) is 6.89. The van der Waals surface area contributed by atoms with Gasteiger partial charge in [-0.25, -0.2) is 9.37 Å². The van der Waals surface area contributed by atoms with Crippen molar-refractivity contribution >= 4 is 11.5 Å². The minimum atomic E-state index is -0.719. The largest absolute Gasteiger partial charge is 0.392 e. The van der Waals surface area contributed by atoms with Crippen LogP contribution in [0.3, 0.4) is 0 Å². The summed E-state index contributed by atoms with van der Waals surface area (Å²) in [5, 5.41) is 17.2. The smallest absolute Gasteiger partial charge is 0.158 e. The third kappa shape index (κ3) is 4.10. The first kappa shape index (κ1) is 20.9. The number of rotatable bonds is 6. The van der Waals surface area contributed by atoms with Gasteiger partial charge in [-0.2, -0.15) is 0 Å². The number of anilines is 1. The van der Waals surface area contributed by atoms with Crippen LogP contribution in [0.1, 0.15) is 44.2 Å². The van der Waals surface area contributed by atoms with Crippen molar-refractivity contribution in [2.24, 2.45) is 0 Å². The first-order valence-corrected chi connectivity index (χ1v) is 10.4. The van der Waals surface area contributed by atoms with Gasteiger partial charge in [0.2, 0.25) is 0 Å². The number of aliphatic hydroxyl groups is 1. The first-order valence-electron chi connectivity index (χ1n) is 10.4. The number of benzene rings is 1. The van der Waals surface area contributed by atoms with Gasteiger partial charge in [0.05, 0.1) is 25.3 Å². The van der Waals surface area contributed by atoms with Crippen LogP contribution in [0.15, 0.2) is 30.5 Å². The van der Waals surface area contributed by atoms with Gasteiger partial charge in [-0.05, 0) is 39.2 Å². The molecule has 2 aliphatic heterocycles. The maximum Gasteiger partial charge on any atom is 0.158 e. The molecule has 1 aromatic carbocycles. The van der Waals surface area contributed by atoms with Crippen LogP contribution in [0.2, 0.25) is 0 Å². The van der Waals surface area contributed by atoms with E-state index in [0.29, 0.717) is 36.5 Å². The zero-order valence-corrected chi connectivity index (χ0v) is 17.4. The lowest BCUT2D eigenvalue weighted by atomic mass is 9.93. The molecule has 1 atom stereocenters. The summed E-state index contributed by atoms with van der Waals surface area (Å²) in [6.45, 7) is 5.34. The minimum Gasteiger partial charge on any atom is -0.392 e. The average molecular weight is 413 g/mol. The normalized spacial score (nSPS) is 19.7. The highest BCUT2D eigenvalue weighted by molar-refractivity contribution is 5.97. The third-order valence-electron chi connectivity index (χ3n) is 5.70. The predicted octanol–water partition coefficient (Wildman–Crippen LogP) is 4.00. The van der Waals surface area contributed by atoms with Crippen molar-refractivity contribution < 1.29 is 19.0 Å². The van der Waals surface area contributed by atoms with Gasteiger partial charge in [-0.15, -0.1) is 0 Å². The van der Waals surface area contributed by atoms with E-state index in [-0.39, 0.29) is 18.5 Å². The van der Waals surface area contributed by atoms with Crippen molar-refractivity contribution in [3.8, 4) is 11.1 Å². The van der Waals surface area contributed by atoms with Gasteiger partial charge in [0.15, 0.2) is 6.29 Å². The van der Waals surface area contributed by atoms with Crippen LogP contribution in [-0.4, -0.2) is 41.8 Å². The number of hydrogen-bond donors (Lipinski definition) is 2. The summed E-state index contributed by atoms with van der Waals surface area (Å²) in [4.78, 5) is 6.67. The molecule has 4 rings (SSSR count). The molecule has 1 aromatic heterocycles. The molecule has 0 spiro atoms. The Labute approximate surface area is 176 Å². The number of hydrogen-bond acceptors (Lipinski definition) is 6. The van der Waals surface area contributed by atoms with Crippen molar-refractivity contribution in [3.63, 3.8) is 0 Å². The summed E-state index contributed by atoms with van der Waals surface area (Å²) in [5.41, 5.74) is 2.03. The van der Waals surface area contributed by atoms with E-state index < -0.39 is 11.4 Å². The van der Waals surface area contributed by atoms with Crippen LogP contribution < -0.4 is 4.90 Å². The van der Waals surface area contributed by atoms with Gasteiger partial charge in [0.1, 0.15) is 11.6 Å². The Bertz CT molecular complexity index is 933. The van der Waals surface area contributed by atoms with Gasteiger partial charge in [-0.3, -0.25) is 0 Å². The van der Waals surface area contributed by atoms with Crippen molar-refractivity contribution in [1.29, 1.82) is 5.41 Å². The Kier molecular flexibility index (Phi) is 5.86. The number of pyridine rings is 1. The Balaban J connectivity index is 1.74. The number of nitrogens with zero attached hydrogens (tertiary/aromatic N) is 2. The van der Waals surface area contributed by atoms with Crippen LogP contribution in [0.4, 0.5) is 10.2 Å². The van der Waals surface area contributed by atoms with E-state index in [4.69, 9.17) is 14.9 Å². The molecule has 7 heteroatoms. The minimum absolute atomic E-state index is 0.250. The van der Waals surface area contributed by atoms with Gasteiger partial charge < -0.3 is 24.9 Å². The van der Waals surface area contributed by atoms with Crippen LogP contribution in [0, 0.1) is 11.2 Å². The highest BCUT2D eigenvalue weighted by Crippen LogP contribution is 2.38. The van der Waals surface area contributed by atoms with Crippen LogP contribution >= 0.6 is 0 Å². The molecule has 0 amide bonds. The van der Waals surface area contributed by atoms with Crippen molar-refractivity contribution in [1.82, 2.24) is 4.98 Å². The molecule has 2 aromatic rings. The molecule has 160 valence electrons. The van der Waals surface area contributed by atoms with E-state index in [1.807, 2.05) is 24.8 Å². The molecule has 0 bridgehead atoms. The van der Waals surface area contributed by atoms with Crippen molar-refractivity contribution in [3.05, 3.63) is 47.4 Å². The Morgan fingerprint density at radius 2 is 2.13 bits per heavy atom. The molecule has 6 nitrogen and oxygen atoms in total. The molecule has 30 heavy (non-hydrogen) atoms. The molecule has 2 N–H and O–H groups in total. The fourth-order valence-corrected chi connectivity index (χ4v) is 3.99. The summed E-state index contributed by atoms with van der Waals surface area (Å²) >= 11 is 0. The fourth-order valence-electron chi connectivity index (χ4n) is 3.99. The maximum absolute atomic E-state index is 14.9. The molecule has 2 saturated heterocycles. The van der Waals surface area contributed by atoms with E-state index in [9.17, 15) is 9.50 Å². The predicted molar refractivity (Wildman–Crippen MR) is 113 cm³/mol. The first-order chi connectivity index (χ1) is 14.4. The monoisotopic (exact) mass is 413 g/mol. The van der Waals surface area contributed by atoms with Gasteiger partial charge in [-0.1, -0.05) is 18.2 Å². The fraction of sp³-hybridized carbons (Fsp3) is 0.478. The zero-order chi connectivity index (χ0) is 21.3. The molecule has 0 radical (unpaired) electrons. The number of nitrogens with one attached hydrogen (secondary N) is 1. The van der Waals surface area contributed by atoms with Gasteiger partial charge in [0, 0.05) is 40.8 Å². The molecule has 1 unspecified atom stereocenters. The highest BCUT2D eigenvalue weighted by Gasteiger charge is 2.34. The lowest BCUT2D eigenvalue weighted by Crippen LogP contribution is -2.48. The summed E-state index contributed by atoms with van der Waals surface area (Å²) in [7, 11) is 0. The highest BCUT2D eigenvalue weighted by atomic mass is 19.1. The lowest BCUT2D eigenvalue weighted by molar-refractivity contribution is -0.218. The quantitative estimate of drug-likeness (QED) is 0.748. The van der Waals surface area contributed by atoms with Crippen LogP contribution in [0.25, 0.3) is 11.1 Å². The van der Waals surface area contributed by atoms with Crippen LogP contribution in [-0.2, 0) is 21.7 Å². The number of aromatic nitrogens is 1. The summed E-state index contributed by atoms with van der Waals surface area (Å²) in [6.07, 6.45) is 4.31. The maximum atomic E-state index is 14.9. The Morgan fingerprint density at radius 1 is 1.33 bits per heavy atom. The topological polar surface area (TPSA) is 78.7 Å². The second-order valence-electron chi connectivity index (χ2n) is 8.42. The molecule has 3 heterocycles. The second kappa shape index (κ2) is 8.41. The molecule has 2 fully saturated rings. The van der Waals surface area contributed by atoms with Crippen LogP contribution in [0.5, 0.6) is 0 Å². The molecular weight excluding hydrogens is 385 g/mol. The standard InChI is InChI=1S/C23H28FN3O3/c1-23(2,30-20-8-3-4-9-29-20)19-10-16(11-26-22(19)27-12-17(25)13-27)18-7-5-6-15(14-28)21(18)24/h5-7,10-11,20,25,28H,3-4,8-9,12-14H2,1-2H3. The van der Waals surface area contributed by atoms with Gasteiger partial charge >= 0.3 is 0 Å². The molecule has 0 aliphatic carbocycles. The van der Waals surface area contributed by atoms with Crippen molar-refractivity contribution in [2.75, 3.05) is 24.6 Å². The Hall–Kier alpha value is -2.35. The average Bonchev–Trinajstić information content (AvgIpc) is 2.72. The third-order valence-corrected chi connectivity index (χ3v) is 5.70. The SMILES string of the molecule is CC(C)(OC1CCCCO1)c1cc(-c2cccc(CO)c2F)cnc1N1CC(=N)C1. The molecule has 2 aliphatic rings. The summed E-state index contributed by atoms with van der Waals surface area (Å²) in [5.74, 6) is 0.301. The van der Waals surface area contributed by atoms with Gasteiger partial charge in [0.25, 0.3) is 0 Å². The van der Waals surface area contributed by atoms with E-state index in [1.165, 1.54) is 0 Å². The molecule has 0 saturated carbocycles. The van der Waals surface area contributed by atoms with E-state index in [2.05, 4.69) is 4.98 Å². The number of halogens is 1. The van der Waals surface area contributed by atoms with E-state index in [1.54, 1.807) is 24.4 Å². The number of aliphatic hydroxyl groups excluding tert-OH is 1. The van der Waals surface area contributed by atoms with E-state index in [0.717, 1.165) is 30.6 Å². The Morgan fingerprint density at radius 3 is 2.80 bits per heavy atom. The summed E-state index contributed by atoms with van der Waals surface area (Å²) < 4.78 is 27.0. The van der Waals surface area contributed by atoms with E-state index >= 15 is 0 Å². The number of ether oxygens (including phenoxy) is 2.